The van der Waals surface area contributed by atoms with Crippen molar-refractivity contribution in [2.75, 3.05) is 13.1 Å². The van der Waals surface area contributed by atoms with Crippen molar-refractivity contribution >= 4 is 11.3 Å². The Morgan fingerprint density at radius 2 is 2.38 bits per heavy atom. The Bertz CT molecular complexity index is 306. The molecular weight excluding hydrogens is 218 g/mol. The first kappa shape index (κ1) is 13.4. The van der Waals surface area contributed by atoms with Crippen LogP contribution in [-0.4, -0.2) is 28.7 Å². The Morgan fingerprint density at radius 1 is 1.62 bits per heavy atom. The molecule has 0 radical (unpaired) electrons. The molecule has 2 nitrogen and oxygen atoms in total. The van der Waals surface area contributed by atoms with E-state index in [1.165, 1.54) is 5.56 Å². The average molecular weight is 239 g/mol. The van der Waals surface area contributed by atoms with Gasteiger partial charge in [0.25, 0.3) is 0 Å². The van der Waals surface area contributed by atoms with Crippen LogP contribution in [0.25, 0.3) is 0 Å². The lowest BCUT2D eigenvalue weighted by Gasteiger charge is -2.29. The van der Waals surface area contributed by atoms with Gasteiger partial charge in [-0.2, -0.15) is 11.3 Å². The lowest BCUT2D eigenvalue weighted by molar-refractivity contribution is 0.0588. The summed E-state index contributed by atoms with van der Waals surface area (Å²) in [6, 6.07) is 2.13. The minimum Gasteiger partial charge on any atom is -0.385 e. The molecular formula is C13H21NOS. The van der Waals surface area contributed by atoms with E-state index in [1.807, 2.05) is 0 Å². The number of rotatable bonds is 7. The van der Waals surface area contributed by atoms with Crippen LogP contribution in [0, 0.1) is 0 Å². The van der Waals surface area contributed by atoms with Gasteiger partial charge in [-0.05, 0) is 42.3 Å². The van der Waals surface area contributed by atoms with Crippen LogP contribution in [-0.2, 0) is 6.54 Å². The Balaban J connectivity index is 2.57. The molecule has 0 aliphatic rings. The number of aliphatic hydroxyl groups is 1. The van der Waals surface area contributed by atoms with Gasteiger partial charge in [0.05, 0.1) is 5.60 Å². The fourth-order valence-corrected chi connectivity index (χ4v) is 2.35. The van der Waals surface area contributed by atoms with Crippen molar-refractivity contribution in [2.24, 2.45) is 0 Å². The van der Waals surface area contributed by atoms with Gasteiger partial charge in [-0.25, -0.2) is 0 Å². The third-order valence-corrected chi connectivity index (χ3v) is 3.24. The van der Waals surface area contributed by atoms with Crippen molar-refractivity contribution in [3.8, 4) is 0 Å². The molecule has 0 amide bonds. The van der Waals surface area contributed by atoms with E-state index >= 15 is 0 Å². The molecule has 16 heavy (non-hydrogen) atoms. The van der Waals surface area contributed by atoms with Gasteiger partial charge in [-0.15, -0.1) is 6.58 Å². The van der Waals surface area contributed by atoms with E-state index in [0.29, 0.717) is 6.54 Å². The van der Waals surface area contributed by atoms with Gasteiger partial charge >= 0.3 is 0 Å². The minimum atomic E-state index is -0.800. The Kier molecular flexibility index (Phi) is 5.19. The quantitative estimate of drug-likeness (QED) is 0.740. The van der Waals surface area contributed by atoms with Crippen LogP contribution in [0.4, 0.5) is 0 Å². The third-order valence-electron chi connectivity index (χ3n) is 2.51. The predicted octanol–water partition coefficient (Wildman–Crippen LogP) is 2.90. The summed E-state index contributed by atoms with van der Waals surface area (Å²) in [7, 11) is 0. The fraction of sp³-hybridized carbons (Fsp3) is 0.538. The molecule has 1 unspecified atom stereocenters. The predicted molar refractivity (Wildman–Crippen MR) is 70.7 cm³/mol. The lowest BCUT2D eigenvalue weighted by atomic mass is 10.1. The van der Waals surface area contributed by atoms with Gasteiger partial charge in [0.15, 0.2) is 0 Å². The highest BCUT2D eigenvalue weighted by Crippen LogP contribution is 2.14. The van der Waals surface area contributed by atoms with Crippen LogP contribution in [0.3, 0.4) is 0 Å². The molecule has 1 aromatic heterocycles. The second-order valence-corrected chi connectivity index (χ2v) is 5.18. The second-order valence-electron chi connectivity index (χ2n) is 4.40. The van der Waals surface area contributed by atoms with E-state index < -0.39 is 5.60 Å². The molecule has 1 aromatic rings. The zero-order valence-electron chi connectivity index (χ0n) is 10.1. The first-order valence-corrected chi connectivity index (χ1v) is 6.61. The SMILES string of the molecule is C=CC(C)(O)CN(CCC)Cc1ccsc1. The molecule has 1 atom stereocenters. The zero-order valence-corrected chi connectivity index (χ0v) is 11.0. The molecule has 3 heteroatoms. The molecule has 0 spiro atoms. The van der Waals surface area contributed by atoms with E-state index in [1.54, 1.807) is 24.3 Å². The van der Waals surface area contributed by atoms with Crippen LogP contribution in [0.1, 0.15) is 25.8 Å². The Morgan fingerprint density at radius 3 is 2.88 bits per heavy atom. The Labute approximate surface area is 102 Å². The highest BCUT2D eigenvalue weighted by atomic mass is 32.1. The van der Waals surface area contributed by atoms with E-state index in [9.17, 15) is 5.11 Å². The van der Waals surface area contributed by atoms with Crippen molar-refractivity contribution in [1.29, 1.82) is 0 Å². The maximum absolute atomic E-state index is 9.99. The Hall–Kier alpha value is -0.640. The molecule has 0 saturated heterocycles. The number of thiophene rings is 1. The van der Waals surface area contributed by atoms with E-state index in [-0.39, 0.29) is 0 Å². The van der Waals surface area contributed by atoms with Gasteiger partial charge in [0.1, 0.15) is 0 Å². The van der Waals surface area contributed by atoms with Gasteiger partial charge in [-0.3, -0.25) is 4.90 Å². The molecule has 90 valence electrons. The number of hydrogen-bond donors (Lipinski definition) is 1. The maximum Gasteiger partial charge on any atom is 0.0923 e. The fourth-order valence-electron chi connectivity index (χ4n) is 1.69. The molecule has 0 bridgehead atoms. The molecule has 0 saturated carbocycles. The smallest absolute Gasteiger partial charge is 0.0923 e. The largest absolute Gasteiger partial charge is 0.385 e. The number of nitrogens with zero attached hydrogens (tertiary/aromatic N) is 1. The van der Waals surface area contributed by atoms with Crippen molar-refractivity contribution in [3.63, 3.8) is 0 Å². The van der Waals surface area contributed by atoms with Gasteiger partial charge < -0.3 is 5.11 Å². The second kappa shape index (κ2) is 6.18. The normalized spacial score (nSPS) is 15.0. The summed E-state index contributed by atoms with van der Waals surface area (Å²) in [5.74, 6) is 0. The summed E-state index contributed by atoms with van der Waals surface area (Å²) in [5.41, 5.74) is 0.517. The van der Waals surface area contributed by atoms with Gasteiger partial charge in [0, 0.05) is 13.1 Å². The van der Waals surface area contributed by atoms with Gasteiger partial charge in [0.2, 0.25) is 0 Å². The average Bonchev–Trinajstić information content (AvgIpc) is 2.70. The number of hydrogen-bond acceptors (Lipinski definition) is 3. The van der Waals surface area contributed by atoms with Crippen LogP contribution in [0.5, 0.6) is 0 Å². The molecule has 0 fully saturated rings. The van der Waals surface area contributed by atoms with E-state index in [0.717, 1.165) is 19.5 Å². The summed E-state index contributed by atoms with van der Waals surface area (Å²) in [6.07, 6.45) is 2.71. The lowest BCUT2D eigenvalue weighted by Crippen LogP contribution is -2.39. The van der Waals surface area contributed by atoms with Crippen molar-refractivity contribution in [2.45, 2.75) is 32.4 Å². The van der Waals surface area contributed by atoms with Crippen LogP contribution < -0.4 is 0 Å². The van der Waals surface area contributed by atoms with Crippen LogP contribution in [0.2, 0.25) is 0 Å². The minimum absolute atomic E-state index is 0.639. The first-order chi connectivity index (χ1) is 7.57. The van der Waals surface area contributed by atoms with E-state index in [4.69, 9.17) is 0 Å². The van der Waals surface area contributed by atoms with Crippen molar-refractivity contribution in [1.82, 2.24) is 4.90 Å². The van der Waals surface area contributed by atoms with Crippen LogP contribution in [0.15, 0.2) is 29.5 Å². The molecule has 0 aliphatic carbocycles. The first-order valence-electron chi connectivity index (χ1n) is 5.67. The summed E-state index contributed by atoms with van der Waals surface area (Å²) in [4.78, 5) is 2.27. The molecule has 1 N–H and O–H groups in total. The van der Waals surface area contributed by atoms with Crippen molar-refractivity contribution in [3.05, 3.63) is 35.0 Å². The summed E-state index contributed by atoms with van der Waals surface area (Å²) >= 11 is 1.71. The van der Waals surface area contributed by atoms with Crippen molar-refractivity contribution < 1.29 is 5.11 Å². The summed E-state index contributed by atoms with van der Waals surface area (Å²) in [6.45, 7) is 10.2. The summed E-state index contributed by atoms with van der Waals surface area (Å²) in [5, 5.41) is 14.2. The molecule has 1 rings (SSSR count). The van der Waals surface area contributed by atoms with Gasteiger partial charge in [-0.1, -0.05) is 13.0 Å². The molecule has 1 heterocycles. The monoisotopic (exact) mass is 239 g/mol. The highest BCUT2D eigenvalue weighted by Gasteiger charge is 2.19. The maximum atomic E-state index is 9.99. The molecule has 0 aliphatic heterocycles. The zero-order chi connectivity index (χ0) is 12.0. The third kappa shape index (κ3) is 4.47. The molecule has 0 aromatic carbocycles. The van der Waals surface area contributed by atoms with E-state index in [2.05, 4.69) is 35.2 Å². The van der Waals surface area contributed by atoms with Crippen LogP contribution >= 0.6 is 11.3 Å². The summed E-state index contributed by atoms with van der Waals surface area (Å²) < 4.78 is 0. The highest BCUT2D eigenvalue weighted by molar-refractivity contribution is 7.07. The topological polar surface area (TPSA) is 23.5 Å². The standard InChI is InChI=1S/C13H21NOS/c1-4-7-14(11-13(3,15)5-2)9-12-6-8-16-10-12/h5-6,8,10,15H,2,4,7,9,11H2,1,3H3.